The molecule has 0 N–H and O–H groups in total. The first-order valence-electron chi connectivity index (χ1n) is 14.1. The van der Waals surface area contributed by atoms with Gasteiger partial charge in [0, 0.05) is 42.6 Å². The Labute approximate surface area is 261 Å². The third-order valence-corrected chi connectivity index (χ3v) is 8.35. The maximum atomic E-state index is 4.86. The molecule has 0 aliphatic carbocycles. The van der Waals surface area contributed by atoms with Crippen LogP contribution in [0.2, 0.25) is 0 Å². The van der Waals surface area contributed by atoms with E-state index < -0.39 is 0 Å². The van der Waals surface area contributed by atoms with E-state index in [2.05, 4.69) is 119 Å². The summed E-state index contributed by atoms with van der Waals surface area (Å²) in [6, 6.07) is 48.3. The van der Waals surface area contributed by atoms with Crippen molar-refractivity contribution >= 4 is 49.0 Å². The average Bonchev–Trinajstić information content (AvgIpc) is 3.66. The van der Waals surface area contributed by atoms with Crippen LogP contribution in [0.3, 0.4) is 0 Å². The molecular formula is C38H23IrN4-. The van der Waals surface area contributed by atoms with Gasteiger partial charge < -0.3 is 0 Å². The molecular weight excluding hydrogens is 705 g/mol. The zero-order valence-electron chi connectivity index (χ0n) is 22.9. The SMILES string of the molecule is [Ir].[c-]1cccc2c3ccccc3c3c(-c4cccc(-c5ccc6c(c5)c5ccccc5n6-c5ccccn5)c4)cnn3c12. The van der Waals surface area contributed by atoms with Gasteiger partial charge in [0.2, 0.25) is 0 Å². The minimum absolute atomic E-state index is 0. The molecule has 4 nitrogen and oxygen atoms in total. The van der Waals surface area contributed by atoms with Crippen LogP contribution in [0.25, 0.3) is 77.1 Å². The van der Waals surface area contributed by atoms with Gasteiger partial charge in [-0.2, -0.15) is 29.4 Å². The Morgan fingerprint density at radius 1 is 0.558 bits per heavy atom. The van der Waals surface area contributed by atoms with E-state index in [1.807, 2.05) is 41.2 Å². The van der Waals surface area contributed by atoms with Crippen molar-refractivity contribution in [1.82, 2.24) is 19.2 Å². The summed E-state index contributed by atoms with van der Waals surface area (Å²) in [5, 5.41) is 10.8. The van der Waals surface area contributed by atoms with Crippen molar-refractivity contribution < 1.29 is 20.1 Å². The van der Waals surface area contributed by atoms with Gasteiger partial charge in [0.05, 0.1) is 22.7 Å². The fourth-order valence-electron chi connectivity index (χ4n) is 6.49. The van der Waals surface area contributed by atoms with Crippen LogP contribution in [0.4, 0.5) is 0 Å². The van der Waals surface area contributed by atoms with Crippen molar-refractivity contribution in [3.63, 3.8) is 0 Å². The molecule has 5 aromatic carbocycles. The number of pyridine rings is 2. The molecule has 0 aliphatic rings. The minimum atomic E-state index is 0. The fraction of sp³-hybridized carbons (Fsp3) is 0. The summed E-state index contributed by atoms with van der Waals surface area (Å²) in [5.74, 6) is 0.920. The van der Waals surface area contributed by atoms with Crippen LogP contribution in [-0.4, -0.2) is 19.2 Å². The van der Waals surface area contributed by atoms with E-state index in [4.69, 9.17) is 5.10 Å². The minimum Gasteiger partial charge on any atom is -0.294 e. The number of benzene rings is 5. The Kier molecular flexibility index (Phi) is 5.97. The fourth-order valence-corrected chi connectivity index (χ4v) is 6.49. The van der Waals surface area contributed by atoms with Crippen molar-refractivity contribution in [1.29, 1.82) is 0 Å². The zero-order valence-corrected chi connectivity index (χ0v) is 25.3. The van der Waals surface area contributed by atoms with Crippen LogP contribution < -0.4 is 0 Å². The zero-order chi connectivity index (χ0) is 27.6. The molecule has 5 heteroatoms. The topological polar surface area (TPSA) is 35.1 Å². The molecule has 9 aromatic rings. The van der Waals surface area contributed by atoms with Gasteiger partial charge in [-0.15, -0.1) is 5.39 Å². The first-order chi connectivity index (χ1) is 20.8. The third kappa shape index (κ3) is 3.86. The van der Waals surface area contributed by atoms with Crippen molar-refractivity contribution in [3.8, 4) is 28.1 Å². The second-order valence-corrected chi connectivity index (χ2v) is 10.6. The molecule has 1 radical (unpaired) electrons. The van der Waals surface area contributed by atoms with Gasteiger partial charge in [-0.05, 0) is 64.0 Å². The second kappa shape index (κ2) is 10.0. The van der Waals surface area contributed by atoms with E-state index in [1.54, 1.807) is 0 Å². The molecule has 0 saturated carbocycles. The average molecular weight is 728 g/mol. The molecule has 0 atom stereocenters. The van der Waals surface area contributed by atoms with Crippen LogP contribution in [0.5, 0.6) is 0 Å². The first kappa shape index (κ1) is 25.6. The van der Waals surface area contributed by atoms with Gasteiger partial charge in [-0.25, -0.2) is 4.98 Å². The van der Waals surface area contributed by atoms with E-state index in [0.29, 0.717) is 0 Å². The predicted octanol–water partition coefficient (Wildman–Crippen LogP) is 9.26. The van der Waals surface area contributed by atoms with E-state index in [-0.39, 0.29) is 20.1 Å². The van der Waals surface area contributed by atoms with E-state index in [9.17, 15) is 0 Å². The Morgan fingerprint density at radius 2 is 1.30 bits per heavy atom. The Morgan fingerprint density at radius 3 is 2.19 bits per heavy atom. The van der Waals surface area contributed by atoms with E-state index >= 15 is 0 Å². The Balaban J connectivity index is 0.00000278. The standard InChI is InChI=1S/C38H23N4.Ir/c1-2-15-31-28(12-1)29-13-4-6-17-36(29)42-38(31)33(24-40-42)27-11-9-10-25(22-27)26-19-20-35-32(23-26)30-14-3-5-16-34(30)41(35)37-18-7-8-21-39-37;/h1-16,18-24H;/q-1;. The monoisotopic (exact) mass is 728 g/mol. The smallest absolute Gasteiger partial charge is 0.137 e. The van der Waals surface area contributed by atoms with Crippen molar-refractivity contribution in [2.24, 2.45) is 0 Å². The summed E-state index contributed by atoms with van der Waals surface area (Å²) in [6.07, 6.45) is 3.84. The molecule has 0 aliphatic heterocycles. The quantitative estimate of drug-likeness (QED) is 0.134. The molecule has 4 heterocycles. The molecule has 9 rings (SSSR count). The molecule has 43 heavy (non-hydrogen) atoms. The normalized spacial score (nSPS) is 11.5. The summed E-state index contributed by atoms with van der Waals surface area (Å²) in [7, 11) is 0. The predicted molar refractivity (Wildman–Crippen MR) is 172 cm³/mol. The molecule has 4 aromatic heterocycles. The summed E-state index contributed by atoms with van der Waals surface area (Å²) in [5.41, 5.74) is 8.98. The Bertz CT molecular complexity index is 2470. The Hall–Kier alpha value is -5.09. The molecule has 0 saturated heterocycles. The number of aromatic nitrogens is 4. The van der Waals surface area contributed by atoms with Gasteiger partial charge in [0.1, 0.15) is 5.82 Å². The largest absolute Gasteiger partial charge is 0.294 e. The van der Waals surface area contributed by atoms with Gasteiger partial charge in [0.25, 0.3) is 0 Å². The molecule has 0 spiro atoms. The molecule has 205 valence electrons. The van der Waals surface area contributed by atoms with Crippen molar-refractivity contribution in [2.45, 2.75) is 0 Å². The van der Waals surface area contributed by atoms with Gasteiger partial charge in [0.15, 0.2) is 0 Å². The summed E-state index contributed by atoms with van der Waals surface area (Å²) >= 11 is 0. The van der Waals surface area contributed by atoms with Crippen LogP contribution in [-0.2, 0) is 20.1 Å². The number of rotatable bonds is 3. The first-order valence-corrected chi connectivity index (χ1v) is 14.1. The van der Waals surface area contributed by atoms with Crippen LogP contribution in [0.15, 0.2) is 140 Å². The van der Waals surface area contributed by atoms with Crippen LogP contribution in [0, 0.1) is 6.07 Å². The van der Waals surface area contributed by atoms with Crippen LogP contribution >= 0.6 is 0 Å². The molecule has 0 bridgehead atoms. The van der Waals surface area contributed by atoms with E-state index in [1.165, 1.54) is 32.7 Å². The van der Waals surface area contributed by atoms with E-state index in [0.717, 1.165) is 44.4 Å². The number of para-hydroxylation sites is 2. The maximum absolute atomic E-state index is 4.86. The van der Waals surface area contributed by atoms with Gasteiger partial charge in [-0.1, -0.05) is 78.2 Å². The molecule has 0 unspecified atom stereocenters. The number of nitrogens with zero attached hydrogens (tertiary/aromatic N) is 4. The second-order valence-electron chi connectivity index (χ2n) is 10.6. The number of hydrogen-bond acceptors (Lipinski definition) is 2. The molecule has 0 amide bonds. The summed E-state index contributed by atoms with van der Waals surface area (Å²) in [4.78, 5) is 4.66. The molecule has 0 fully saturated rings. The van der Waals surface area contributed by atoms with Crippen molar-refractivity contribution in [3.05, 3.63) is 146 Å². The number of hydrogen-bond donors (Lipinski definition) is 0. The number of fused-ring (bicyclic) bond motifs is 9. The summed E-state index contributed by atoms with van der Waals surface area (Å²) in [6.45, 7) is 0. The third-order valence-electron chi connectivity index (χ3n) is 8.35. The summed E-state index contributed by atoms with van der Waals surface area (Å²) < 4.78 is 4.29. The van der Waals surface area contributed by atoms with Crippen LogP contribution in [0.1, 0.15) is 0 Å². The van der Waals surface area contributed by atoms with Crippen molar-refractivity contribution in [2.75, 3.05) is 0 Å². The maximum Gasteiger partial charge on any atom is 0.137 e. The van der Waals surface area contributed by atoms with Gasteiger partial charge in [-0.3, -0.25) is 9.08 Å². The van der Waals surface area contributed by atoms with Gasteiger partial charge >= 0.3 is 0 Å².